The number of aryl methyl sites for hydroxylation is 1. The van der Waals surface area contributed by atoms with Crippen molar-refractivity contribution in [2.75, 3.05) is 18.4 Å². The van der Waals surface area contributed by atoms with Crippen LogP contribution in [0.15, 0.2) is 43.0 Å². The van der Waals surface area contributed by atoms with E-state index < -0.39 is 36.4 Å². The van der Waals surface area contributed by atoms with Crippen LogP contribution in [0.4, 0.5) is 33.5 Å². The Morgan fingerprint density at radius 3 is 2.52 bits per heavy atom. The highest BCUT2D eigenvalue weighted by Gasteiger charge is 2.38. The van der Waals surface area contributed by atoms with Crippen molar-refractivity contribution in [3.63, 3.8) is 0 Å². The van der Waals surface area contributed by atoms with Crippen LogP contribution in [0, 0.1) is 0 Å². The molecule has 16 heteroatoms. The van der Waals surface area contributed by atoms with Crippen LogP contribution in [0.3, 0.4) is 0 Å². The van der Waals surface area contributed by atoms with Gasteiger partial charge in [0, 0.05) is 42.9 Å². The molecule has 3 heterocycles. The summed E-state index contributed by atoms with van der Waals surface area (Å²) in [7, 11) is 0. The number of carbonyl (C=O) groups excluding carboxylic acids is 2. The number of amides is 2. The molecule has 2 amide bonds. The van der Waals surface area contributed by atoms with E-state index in [4.69, 9.17) is 5.73 Å². The number of carbonyl (C=O) groups is 2. The summed E-state index contributed by atoms with van der Waals surface area (Å²) in [5.74, 6) is -0.453. The highest BCUT2D eigenvalue weighted by Crippen LogP contribution is 2.37. The molecule has 0 radical (unpaired) electrons. The van der Waals surface area contributed by atoms with Crippen molar-refractivity contribution in [3.8, 4) is 11.3 Å². The summed E-state index contributed by atoms with van der Waals surface area (Å²) in [5, 5.41) is 11.8. The second-order valence-electron chi connectivity index (χ2n) is 9.30. The molecule has 0 bridgehead atoms. The molecule has 42 heavy (non-hydrogen) atoms. The number of imidazole rings is 1. The number of nitrogens with two attached hydrogens (primary N) is 1. The molecule has 4 rings (SSSR count). The third-order valence-electron chi connectivity index (χ3n) is 6.18. The molecule has 0 spiro atoms. The van der Waals surface area contributed by atoms with Gasteiger partial charge >= 0.3 is 6.18 Å². The number of fused-ring (bicyclic) bond motifs is 1. The zero-order valence-corrected chi connectivity index (χ0v) is 22.5. The molecule has 1 atom stereocenters. The predicted molar refractivity (Wildman–Crippen MR) is 143 cm³/mol. The summed E-state index contributed by atoms with van der Waals surface area (Å²) in [6, 6.07) is 4.33. The first-order valence-electron chi connectivity index (χ1n) is 12.9. The lowest BCUT2D eigenvalue weighted by Gasteiger charge is -2.13. The summed E-state index contributed by atoms with van der Waals surface area (Å²) in [4.78, 5) is 32.7. The van der Waals surface area contributed by atoms with Crippen molar-refractivity contribution in [2.45, 2.75) is 45.5 Å². The number of rotatable bonds is 11. The minimum absolute atomic E-state index is 0.0123. The maximum Gasteiger partial charge on any atom is 0.435 e. The summed E-state index contributed by atoms with van der Waals surface area (Å²) < 4.78 is 68.7. The molecule has 5 N–H and O–H groups in total. The Hall–Kier alpha value is -4.60. The van der Waals surface area contributed by atoms with E-state index in [9.17, 15) is 31.5 Å². The third kappa shape index (κ3) is 6.82. The molecule has 0 aliphatic heterocycles. The largest absolute Gasteiger partial charge is 0.435 e. The average Bonchev–Trinajstić information content (AvgIpc) is 3.55. The predicted octanol–water partition coefficient (Wildman–Crippen LogP) is 3.38. The number of anilines is 2. The second-order valence-corrected chi connectivity index (χ2v) is 9.30. The van der Waals surface area contributed by atoms with Gasteiger partial charge in [-0.1, -0.05) is 6.92 Å². The van der Waals surface area contributed by atoms with Gasteiger partial charge in [0.05, 0.1) is 23.5 Å². The zero-order chi connectivity index (χ0) is 30.6. The van der Waals surface area contributed by atoms with E-state index in [1.807, 2.05) is 6.92 Å². The van der Waals surface area contributed by atoms with E-state index in [0.717, 1.165) is 6.20 Å². The van der Waals surface area contributed by atoms with Crippen molar-refractivity contribution in [1.82, 2.24) is 34.8 Å². The Labute approximate surface area is 236 Å². The lowest BCUT2D eigenvalue weighted by molar-refractivity contribution is -0.141. The molecule has 0 aliphatic carbocycles. The van der Waals surface area contributed by atoms with Crippen molar-refractivity contribution in [2.24, 2.45) is 5.73 Å². The normalized spacial score (nSPS) is 12.5. The Morgan fingerprint density at radius 2 is 1.86 bits per heavy atom. The lowest BCUT2D eigenvalue weighted by Crippen LogP contribution is -2.42. The molecule has 0 fully saturated rings. The van der Waals surface area contributed by atoms with Gasteiger partial charge in [-0.15, -0.1) is 0 Å². The SMILES string of the molecule is CCc1cc(Nc2nccn3c(-c4cn(CC(F)F)nc4C(F)(F)F)cnc23)ccc1C(=O)NCCNC(=O)[C@H](C)N. The zero-order valence-electron chi connectivity index (χ0n) is 22.5. The maximum absolute atomic E-state index is 13.7. The number of nitrogens with zero attached hydrogens (tertiary/aromatic N) is 5. The van der Waals surface area contributed by atoms with Crippen molar-refractivity contribution in [1.29, 1.82) is 0 Å². The molecule has 11 nitrogen and oxygen atoms in total. The lowest BCUT2D eigenvalue weighted by atomic mass is 10.0. The quantitative estimate of drug-likeness (QED) is 0.154. The van der Waals surface area contributed by atoms with Crippen molar-refractivity contribution < 1.29 is 31.5 Å². The number of aromatic nitrogens is 5. The first-order chi connectivity index (χ1) is 19.9. The molecule has 1 aromatic carbocycles. The molecular weight excluding hydrogens is 565 g/mol. The third-order valence-corrected chi connectivity index (χ3v) is 6.18. The van der Waals surface area contributed by atoms with E-state index in [-0.39, 0.29) is 42.1 Å². The summed E-state index contributed by atoms with van der Waals surface area (Å²) in [6.07, 6.45) is -2.42. The van der Waals surface area contributed by atoms with Crippen LogP contribution >= 0.6 is 0 Å². The summed E-state index contributed by atoms with van der Waals surface area (Å²) in [5.41, 5.74) is 5.60. The van der Waals surface area contributed by atoms with E-state index in [1.54, 1.807) is 25.1 Å². The fourth-order valence-corrected chi connectivity index (χ4v) is 4.20. The van der Waals surface area contributed by atoms with Crippen molar-refractivity contribution in [3.05, 3.63) is 59.8 Å². The molecule has 224 valence electrons. The number of hydrogen-bond acceptors (Lipinski definition) is 7. The van der Waals surface area contributed by atoms with Crippen LogP contribution in [0.1, 0.15) is 35.5 Å². The fraction of sp³-hybridized carbons (Fsp3) is 0.346. The smallest absolute Gasteiger partial charge is 0.353 e. The van der Waals surface area contributed by atoms with Gasteiger partial charge in [-0.05, 0) is 37.1 Å². The average molecular weight is 594 g/mol. The highest BCUT2D eigenvalue weighted by molar-refractivity contribution is 5.96. The highest BCUT2D eigenvalue weighted by atomic mass is 19.4. The minimum atomic E-state index is -4.89. The first kappa shape index (κ1) is 30.4. The van der Waals surface area contributed by atoms with Crippen LogP contribution in [-0.4, -0.2) is 61.5 Å². The second kappa shape index (κ2) is 12.5. The van der Waals surface area contributed by atoms with Crippen molar-refractivity contribution >= 4 is 29.0 Å². The van der Waals surface area contributed by atoms with Crippen LogP contribution in [0.2, 0.25) is 0 Å². The number of nitrogens with one attached hydrogen (secondary N) is 3. The van der Waals surface area contributed by atoms with Gasteiger partial charge in [0.2, 0.25) is 5.91 Å². The van der Waals surface area contributed by atoms with Crippen LogP contribution < -0.4 is 21.7 Å². The first-order valence-corrected chi connectivity index (χ1v) is 12.9. The topological polar surface area (TPSA) is 144 Å². The van der Waals surface area contributed by atoms with E-state index in [1.165, 1.54) is 23.0 Å². The molecule has 0 saturated carbocycles. The summed E-state index contributed by atoms with van der Waals surface area (Å²) >= 11 is 0. The molecule has 0 saturated heterocycles. The molecule has 0 aliphatic rings. The van der Waals surface area contributed by atoms with E-state index >= 15 is 0 Å². The Morgan fingerprint density at radius 1 is 1.12 bits per heavy atom. The maximum atomic E-state index is 13.7. The standard InChI is InChI=1S/C26H28F5N9O2/c1-3-15-10-16(4-5-17(15)25(42)35-7-6-34-24(41)14(2)32)37-22-23-36-11-19(40(23)9-8-33-22)18-12-39(13-20(27)28)38-21(18)26(29,30)31/h4-5,8-12,14,20H,3,6-7,13,32H2,1-2H3,(H,33,37)(H,34,41)(H,35,42)/t14-/m0/s1. The summed E-state index contributed by atoms with van der Waals surface area (Å²) in [6.45, 7) is 2.84. The number of hydrogen-bond donors (Lipinski definition) is 4. The Balaban J connectivity index is 1.56. The minimum Gasteiger partial charge on any atom is -0.353 e. The molecule has 3 aromatic heterocycles. The Bertz CT molecular complexity index is 1580. The van der Waals surface area contributed by atoms with Gasteiger partial charge in [-0.25, -0.2) is 18.7 Å². The van der Waals surface area contributed by atoms with Crippen LogP contribution in [0.25, 0.3) is 16.9 Å². The molecule has 0 unspecified atom stereocenters. The van der Waals surface area contributed by atoms with Crippen LogP contribution in [-0.2, 0) is 23.9 Å². The number of benzene rings is 1. The van der Waals surface area contributed by atoms with Gasteiger partial charge in [0.15, 0.2) is 17.2 Å². The monoisotopic (exact) mass is 593 g/mol. The molecular formula is C26H28F5N9O2. The van der Waals surface area contributed by atoms with Gasteiger partial charge in [-0.2, -0.15) is 18.3 Å². The fourth-order valence-electron chi connectivity index (χ4n) is 4.20. The van der Waals surface area contributed by atoms with Gasteiger partial charge < -0.3 is 21.7 Å². The van der Waals surface area contributed by atoms with E-state index in [0.29, 0.717) is 27.9 Å². The number of alkyl halides is 5. The van der Waals surface area contributed by atoms with Gasteiger partial charge in [0.25, 0.3) is 12.3 Å². The Kier molecular flexibility index (Phi) is 9.04. The van der Waals surface area contributed by atoms with Gasteiger partial charge in [-0.3, -0.25) is 18.7 Å². The van der Waals surface area contributed by atoms with E-state index in [2.05, 4.69) is 31.0 Å². The number of halogens is 5. The van der Waals surface area contributed by atoms with Crippen LogP contribution in [0.5, 0.6) is 0 Å². The van der Waals surface area contributed by atoms with Gasteiger partial charge in [0.1, 0.15) is 6.54 Å². The molecule has 4 aromatic rings.